The third-order valence-electron chi connectivity index (χ3n) is 1.90. The van der Waals surface area contributed by atoms with E-state index in [1.165, 1.54) is 0 Å². The predicted molar refractivity (Wildman–Crippen MR) is 45.8 cm³/mol. The Balaban J connectivity index is 0. The molecule has 0 aromatic rings. The van der Waals surface area contributed by atoms with Crippen LogP contribution < -0.4 is 5.11 Å². The lowest BCUT2D eigenvalue weighted by atomic mass is 10.5. The number of carbonyl (C=O) groups excluding carboxylic acids is 1. The minimum Gasteiger partial charge on any atom is -0.548 e. The molecular weight excluding hydrogens is 174 g/mol. The van der Waals surface area contributed by atoms with Crippen molar-refractivity contribution in [1.29, 1.82) is 0 Å². The molecule has 0 spiro atoms. The summed E-state index contributed by atoms with van der Waals surface area (Å²) in [6.07, 6.45) is 0. The Morgan fingerprint density at radius 3 is 1.46 bits per heavy atom. The predicted octanol–water partition coefficient (Wildman–Crippen LogP) is -1.02. The fraction of sp³-hybridized carbons (Fsp3) is 0.875. The van der Waals surface area contributed by atoms with Crippen LogP contribution in [0.25, 0.3) is 0 Å². The average molecular weight is 193 g/mol. The standard InChI is InChI=1S/C6H16NO.C2H4O3/c1-4-7(8,5-2)6-3;3-1-2(4)5/h8H,4-6H2,1-3H3;3H,1H2,(H,4,5)/q+1;/p-1. The first-order valence-electron chi connectivity index (χ1n) is 4.35. The molecule has 0 aromatic heterocycles. The summed E-state index contributed by atoms with van der Waals surface area (Å²) in [6.45, 7) is 7.53. The van der Waals surface area contributed by atoms with Gasteiger partial charge in [0, 0.05) is 0 Å². The van der Waals surface area contributed by atoms with Crippen molar-refractivity contribution in [2.45, 2.75) is 20.8 Å². The lowest BCUT2D eigenvalue weighted by molar-refractivity contribution is -1.10. The topological polar surface area (TPSA) is 80.6 Å². The third-order valence-corrected chi connectivity index (χ3v) is 1.90. The van der Waals surface area contributed by atoms with Crippen LogP contribution in [0.3, 0.4) is 0 Å². The molecule has 0 bridgehead atoms. The molecule has 0 atom stereocenters. The highest BCUT2D eigenvalue weighted by atomic mass is 16.5. The van der Waals surface area contributed by atoms with Gasteiger partial charge in [-0.1, -0.05) is 0 Å². The van der Waals surface area contributed by atoms with Gasteiger partial charge in [-0.3, -0.25) is 0 Å². The van der Waals surface area contributed by atoms with Crippen molar-refractivity contribution in [1.82, 2.24) is 0 Å². The highest BCUT2D eigenvalue weighted by Crippen LogP contribution is 1.97. The molecule has 0 aromatic carbocycles. The quantitative estimate of drug-likeness (QED) is 0.442. The monoisotopic (exact) mass is 193 g/mol. The van der Waals surface area contributed by atoms with E-state index < -0.39 is 12.6 Å². The highest BCUT2D eigenvalue weighted by molar-refractivity contribution is 5.65. The second-order valence-electron chi connectivity index (χ2n) is 2.57. The van der Waals surface area contributed by atoms with Crippen molar-refractivity contribution in [2.24, 2.45) is 0 Å². The Kier molecular flexibility index (Phi) is 9.11. The smallest absolute Gasteiger partial charge is 0.106 e. The molecule has 0 aliphatic heterocycles. The Morgan fingerprint density at radius 2 is 1.46 bits per heavy atom. The Hall–Kier alpha value is -0.650. The molecule has 0 saturated carbocycles. The number of carboxylic acid groups (broad SMARTS) is 1. The van der Waals surface area contributed by atoms with E-state index in [1.807, 2.05) is 20.8 Å². The molecule has 0 aliphatic rings. The number of hydrogen-bond acceptors (Lipinski definition) is 4. The van der Waals surface area contributed by atoms with Crippen molar-refractivity contribution < 1.29 is 24.9 Å². The van der Waals surface area contributed by atoms with Gasteiger partial charge in [0.2, 0.25) is 0 Å². The lowest BCUT2D eigenvalue weighted by Gasteiger charge is -2.25. The summed E-state index contributed by atoms with van der Waals surface area (Å²) < 4.78 is 0.208. The Bertz CT molecular complexity index is 126. The number of carbonyl (C=O) groups is 1. The van der Waals surface area contributed by atoms with Gasteiger partial charge >= 0.3 is 0 Å². The average Bonchev–Trinajstić information content (AvgIpc) is 2.17. The van der Waals surface area contributed by atoms with Crippen molar-refractivity contribution in [2.75, 3.05) is 26.2 Å². The zero-order valence-corrected chi connectivity index (χ0v) is 8.49. The van der Waals surface area contributed by atoms with Crippen molar-refractivity contribution in [3.8, 4) is 0 Å². The van der Waals surface area contributed by atoms with Gasteiger partial charge in [0.25, 0.3) is 0 Å². The molecule has 0 aliphatic carbocycles. The summed E-state index contributed by atoms with van der Waals surface area (Å²) in [5.41, 5.74) is 0. The molecule has 0 rings (SSSR count). The zero-order valence-electron chi connectivity index (χ0n) is 8.49. The van der Waals surface area contributed by atoms with Gasteiger partial charge in [-0.2, -0.15) is 4.65 Å². The number of aliphatic hydroxyl groups excluding tert-OH is 1. The number of carboxylic acids is 1. The Labute approximate surface area is 78.8 Å². The van der Waals surface area contributed by atoms with Crippen LogP contribution in [0.5, 0.6) is 0 Å². The van der Waals surface area contributed by atoms with Gasteiger partial charge in [-0.15, -0.1) is 0 Å². The van der Waals surface area contributed by atoms with E-state index in [-0.39, 0.29) is 4.65 Å². The molecule has 0 amide bonds. The lowest BCUT2D eigenvalue weighted by Crippen LogP contribution is -2.43. The normalized spacial score (nSPS) is 10.2. The fourth-order valence-corrected chi connectivity index (χ4v) is 0.671. The molecule has 0 saturated heterocycles. The van der Waals surface area contributed by atoms with Crippen LogP contribution in [0, 0.1) is 0 Å². The molecule has 13 heavy (non-hydrogen) atoms. The van der Waals surface area contributed by atoms with Crippen LogP contribution in [0.4, 0.5) is 0 Å². The number of hydrogen-bond donors (Lipinski definition) is 2. The molecule has 5 nitrogen and oxygen atoms in total. The molecule has 0 unspecified atom stereocenters. The first kappa shape index (κ1) is 14.9. The van der Waals surface area contributed by atoms with E-state index in [0.29, 0.717) is 0 Å². The number of quaternary nitrogens is 1. The highest BCUT2D eigenvalue weighted by Gasteiger charge is 2.15. The third kappa shape index (κ3) is 9.26. The summed E-state index contributed by atoms with van der Waals surface area (Å²) in [4.78, 5) is 9.01. The first-order valence-corrected chi connectivity index (χ1v) is 4.35. The second-order valence-corrected chi connectivity index (χ2v) is 2.57. The number of nitrogens with zero attached hydrogens (tertiary/aromatic N) is 1. The van der Waals surface area contributed by atoms with E-state index in [1.54, 1.807) is 0 Å². The molecule has 2 N–H and O–H groups in total. The summed E-state index contributed by atoms with van der Waals surface area (Å²) in [7, 11) is 0. The molecule has 5 heteroatoms. The molecular formula is C8H19NO4. The van der Waals surface area contributed by atoms with Gasteiger partial charge in [0.1, 0.15) is 19.6 Å². The summed E-state index contributed by atoms with van der Waals surface area (Å²) >= 11 is 0. The van der Waals surface area contributed by atoms with Gasteiger partial charge < -0.3 is 15.0 Å². The van der Waals surface area contributed by atoms with Crippen molar-refractivity contribution >= 4 is 5.97 Å². The van der Waals surface area contributed by atoms with E-state index >= 15 is 0 Å². The van der Waals surface area contributed by atoms with Crippen LogP contribution in [-0.4, -0.2) is 47.2 Å². The van der Waals surface area contributed by atoms with Gasteiger partial charge in [-0.05, 0) is 20.8 Å². The van der Waals surface area contributed by atoms with E-state index in [9.17, 15) is 5.21 Å². The second kappa shape index (κ2) is 7.97. The molecule has 0 heterocycles. The maximum absolute atomic E-state index is 9.38. The van der Waals surface area contributed by atoms with E-state index in [0.717, 1.165) is 19.6 Å². The zero-order chi connectivity index (χ0) is 10.9. The van der Waals surface area contributed by atoms with E-state index in [2.05, 4.69) is 0 Å². The maximum atomic E-state index is 9.38. The van der Waals surface area contributed by atoms with E-state index in [4.69, 9.17) is 15.0 Å². The number of hydroxylamine groups is 3. The van der Waals surface area contributed by atoms with Crippen LogP contribution in [0.15, 0.2) is 0 Å². The van der Waals surface area contributed by atoms with Crippen LogP contribution in [0.2, 0.25) is 0 Å². The summed E-state index contributed by atoms with van der Waals surface area (Å²) in [5.74, 6) is -1.44. The van der Waals surface area contributed by atoms with Crippen LogP contribution in [0.1, 0.15) is 20.8 Å². The largest absolute Gasteiger partial charge is 0.548 e. The SMILES string of the molecule is CC[N+](O)(CC)CC.O=C([O-])CO. The van der Waals surface area contributed by atoms with Gasteiger partial charge in [0.15, 0.2) is 0 Å². The van der Waals surface area contributed by atoms with Gasteiger partial charge in [0.05, 0.1) is 12.6 Å². The number of aliphatic hydroxyl groups is 1. The number of rotatable bonds is 4. The van der Waals surface area contributed by atoms with Crippen LogP contribution in [-0.2, 0) is 4.79 Å². The molecule has 0 radical (unpaired) electrons. The first-order chi connectivity index (χ1) is 5.95. The van der Waals surface area contributed by atoms with Crippen molar-refractivity contribution in [3.05, 3.63) is 0 Å². The molecule has 80 valence electrons. The fourth-order valence-electron chi connectivity index (χ4n) is 0.671. The molecule has 0 fully saturated rings. The summed E-state index contributed by atoms with van der Waals surface area (Å²) in [6, 6.07) is 0. The minimum absolute atomic E-state index is 0.208. The number of aliphatic carboxylic acids is 1. The summed E-state index contributed by atoms with van der Waals surface area (Å²) in [5, 5.41) is 25.9. The minimum atomic E-state index is -1.44. The van der Waals surface area contributed by atoms with Crippen molar-refractivity contribution in [3.63, 3.8) is 0 Å². The van der Waals surface area contributed by atoms with Crippen LogP contribution >= 0.6 is 0 Å². The van der Waals surface area contributed by atoms with Gasteiger partial charge in [-0.25, -0.2) is 5.21 Å². The maximum Gasteiger partial charge on any atom is 0.106 e. The Morgan fingerprint density at radius 1 is 1.23 bits per heavy atom.